The molecule has 1 N–H and O–H groups in total. The summed E-state index contributed by atoms with van der Waals surface area (Å²) in [6, 6.07) is 9.38. The fourth-order valence-electron chi connectivity index (χ4n) is 5.83. The summed E-state index contributed by atoms with van der Waals surface area (Å²) < 4.78 is 78.7. The summed E-state index contributed by atoms with van der Waals surface area (Å²) >= 11 is 0. The van der Waals surface area contributed by atoms with E-state index in [9.17, 15) is 31.5 Å². The number of ether oxygens (including phenoxy) is 1. The highest BCUT2D eigenvalue weighted by atomic mass is 32.2. The molecule has 2 aromatic heterocycles. The number of carboxylic acid groups (broad SMARTS) is 1. The Labute approximate surface area is 257 Å². The number of hydrogen-bond acceptors (Lipinski definition) is 7. The lowest BCUT2D eigenvalue weighted by molar-refractivity contribution is -0.137. The summed E-state index contributed by atoms with van der Waals surface area (Å²) in [5.41, 5.74) is 1.29. The molecule has 0 amide bonds. The van der Waals surface area contributed by atoms with Crippen LogP contribution in [0.25, 0.3) is 5.69 Å². The molecule has 0 radical (unpaired) electrons. The van der Waals surface area contributed by atoms with Crippen LogP contribution in [-0.2, 0) is 29.8 Å². The van der Waals surface area contributed by atoms with Gasteiger partial charge in [0.15, 0.2) is 0 Å². The van der Waals surface area contributed by atoms with Crippen LogP contribution in [0.15, 0.2) is 59.8 Å². The van der Waals surface area contributed by atoms with Gasteiger partial charge in [0.25, 0.3) is 0 Å². The predicted octanol–water partition coefficient (Wildman–Crippen LogP) is 5.13. The highest BCUT2D eigenvalue weighted by Gasteiger charge is 2.46. The average Bonchev–Trinajstić information content (AvgIpc) is 3.46. The summed E-state index contributed by atoms with van der Waals surface area (Å²) in [7, 11) is -2.64. The van der Waals surface area contributed by atoms with E-state index in [0.29, 0.717) is 35.9 Å². The number of aryl methyl sites for hydroxylation is 1. The number of alkyl halides is 3. The zero-order valence-electron chi connectivity index (χ0n) is 24.5. The van der Waals surface area contributed by atoms with E-state index < -0.39 is 38.7 Å². The predicted molar refractivity (Wildman–Crippen MR) is 155 cm³/mol. The molecule has 0 saturated heterocycles. The molecule has 4 aromatic rings. The lowest BCUT2D eigenvalue weighted by Crippen LogP contribution is -2.36. The third kappa shape index (κ3) is 6.06. The van der Waals surface area contributed by atoms with Gasteiger partial charge in [0, 0.05) is 31.6 Å². The fraction of sp³-hybridized carbons (Fsp3) is 0.400. The molecule has 0 bridgehead atoms. The topological polar surface area (TPSA) is 132 Å². The Morgan fingerprint density at radius 3 is 2.64 bits per heavy atom. The summed E-state index contributed by atoms with van der Waals surface area (Å²) in [4.78, 5) is 11.6. The first kappa shape index (κ1) is 30.8. The monoisotopic (exact) mass is 644 g/mol. The largest absolute Gasteiger partial charge is 0.488 e. The van der Waals surface area contributed by atoms with Gasteiger partial charge in [-0.3, -0.25) is 4.68 Å². The Balaban J connectivity index is 1.34. The van der Waals surface area contributed by atoms with E-state index in [2.05, 4.69) is 15.4 Å². The van der Waals surface area contributed by atoms with Crippen molar-refractivity contribution < 1.29 is 36.2 Å². The van der Waals surface area contributed by atoms with Crippen molar-refractivity contribution in [3.8, 4) is 11.4 Å². The second-order valence-corrected chi connectivity index (χ2v) is 13.3. The second-order valence-electron chi connectivity index (χ2n) is 11.4. The number of halogens is 3. The number of carboxylic acids is 1. The smallest absolute Gasteiger partial charge is 0.416 e. The highest BCUT2D eigenvalue weighted by molar-refractivity contribution is 7.89. The third-order valence-corrected chi connectivity index (χ3v) is 10.00. The van der Waals surface area contributed by atoms with E-state index >= 15 is 0 Å². The van der Waals surface area contributed by atoms with E-state index in [-0.39, 0.29) is 36.2 Å². The van der Waals surface area contributed by atoms with Crippen molar-refractivity contribution in [2.45, 2.75) is 68.2 Å². The minimum absolute atomic E-state index is 0.0283. The Bertz CT molecular complexity index is 1850. The minimum atomic E-state index is -4.73. The van der Waals surface area contributed by atoms with Crippen molar-refractivity contribution in [2.75, 3.05) is 6.54 Å². The molecule has 1 aliphatic heterocycles. The normalized spacial score (nSPS) is 21.1. The van der Waals surface area contributed by atoms with Gasteiger partial charge in [-0.15, -0.1) is 5.10 Å². The number of carbonyl (C=O) groups is 1. The first-order valence-electron chi connectivity index (χ1n) is 14.5. The van der Waals surface area contributed by atoms with Gasteiger partial charge in [-0.1, -0.05) is 30.7 Å². The zero-order valence-corrected chi connectivity index (χ0v) is 25.3. The lowest BCUT2D eigenvalue weighted by atomic mass is 10.1. The molecule has 1 saturated carbocycles. The molecule has 3 atom stereocenters. The van der Waals surface area contributed by atoms with E-state index in [0.717, 1.165) is 35.0 Å². The molecule has 3 heterocycles. The summed E-state index contributed by atoms with van der Waals surface area (Å²) in [5.74, 6) is -1.42. The molecule has 6 rings (SSSR count). The van der Waals surface area contributed by atoms with Crippen molar-refractivity contribution in [1.29, 1.82) is 0 Å². The molecule has 1 fully saturated rings. The van der Waals surface area contributed by atoms with Gasteiger partial charge in [0.1, 0.15) is 22.3 Å². The summed E-state index contributed by atoms with van der Waals surface area (Å²) in [5, 5.41) is 22.4. The number of aromatic carboxylic acids is 1. The van der Waals surface area contributed by atoms with Crippen molar-refractivity contribution in [3.05, 3.63) is 82.9 Å². The van der Waals surface area contributed by atoms with Crippen LogP contribution in [0.3, 0.4) is 0 Å². The van der Waals surface area contributed by atoms with Crippen molar-refractivity contribution in [3.63, 3.8) is 0 Å². The number of fused-ring (bicyclic) bond motifs is 1. The molecule has 1 aliphatic carbocycles. The number of nitrogens with zero attached hydrogens (tertiary/aromatic N) is 6. The number of unbranched alkanes of at least 4 members (excludes halogenated alkanes) is 1. The molecule has 2 aromatic carbocycles. The SMILES string of the molecule is CCCC[C@@H]1CN(Cc2cccc(-n3ncc(C(=O)O)c3[C@@H]3C[C@H]3c3cn(C)nn3)c2)S(=O)(=O)c2cc(C(F)(F)F)ccc2O1. The molecule has 11 nitrogen and oxygen atoms in total. The lowest BCUT2D eigenvalue weighted by Gasteiger charge is -2.23. The zero-order chi connectivity index (χ0) is 32.1. The van der Waals surface area contributed by atoms with E-state index in [4.69, 9.17) is 4.74 Å². The average molecular weight is 645 g/mol. The Hall–Kier alpha value is -4.24. The molecule has 0 spiro atoms. The second kappa shape index (κ2) is 11.6. The number of sulfonamides is 1. The number of benzene rings is 2. The summed E-state index contributed by atoms with van der Waals surface area (Å²) in [6.45, 7) is 1.78. The highest BCUT2D eigenvalue weighted by Crippen LogP contribution is 2.55. The van der Waals surface area contributed by atoms with Crippen LogP contribution in [0.4, 0.5) is 13.2 Å². The van der Waals surface area contributed by atoms with Crippen LogP contribution in [0.1, 0.15) is 77.3 Å². The molecule has 238 valence electrons. The molecule has 0 unspecified atom stereocenters. The molecule has 45 heavy (non-hydrogen) atoms. The van der Waals surface area contributed by atoms with Crippen LogP contribution in [0, 0.1) is 0 Å². The van der Waals surface area contributed by atoms with Crippen LogP contribution < -0.4 is 4.74 Å². The Kier molecular flexibility index (Phi) is 7.93. The maximum Gasteiger partial charge on any atom is 0.416 e. The van der Waals surface area contributed by atoms with Crippen molar-refractivity contribution in [1.82, 2.24) is 29.1 Å². The number of aromatic nitrogens is 5. The van der Waals surface area contributed by atoms with Crippen LogP contribution in [0.2, 0.25) is 0 Å². The quantitative estimate of drug-likeness (QED) is 0.265. The molecular weight excluding hydrogens is 613 g/mol. The van der Waals surface area contributed by atoms with Crippen molar-refractivity contribution in [2.24, 2.45) is 7.05 Å². The van der Waals surface area contributed by atoms with Crippen LogP contribution >= 0.6 is 0 Å². The van der Waals surface area contributed by atoms with Gasteiger partial charge in [-0.05, 0) is 55.2 Å². The van der Waals surface area contributed by atoms with Gasteiger partial charge in [0.2, 0.25) is 10.0 Å². The maximum absolute atomic E-state index is 13.9. The van der Waals surface area contributed by atoms with Crippen molar-refractivity contribution >= 4 is 16.0 Å². The first-order valence-corrected chi connectivity index (χ1v) is 16.0. The van der Waals surface area contributed by atoms with E-state index in [1.807, 2.05) is 6.92 Å². The Morgan fingerprint density at radius 2 is 1.96 bits per heavy atom. The Morgan fingerprint density at radius 1 is 1.16 bits per heavy atom. The minimum Gasteiger partial charge on any atom is -0.488 e. The fourth-order valence-corrected chi connectivity index (χ4v) is 7.44. The van der Waals surface area contributed by atoms with Gasteiger partial charge >= 0.3 is 12.1 Å². The van der Waals surface area contributed by atoms with Gasteiger partial charge in [-0.2, -0.15) is 22.6 Å². The van der Waals surface area contributed by atoms with Crippen LogP contribution in [0.5, 0.6) is 5.75 Å². The summed E-state index contributed by atoms with van der Waals surface area (Å²) in [6.07, 6.45) is 0.543. The number of hydrogen-bond donors (Lipinski definition) is 1. The number of rotatable bonds is 9. The van der Waals surface area contributed by atoms with E-state index in [1.54, 1.807) is 46.9 Å². The maximum atomic E-state index is 13.9. The van der Waals surface area contributed by atoms with Gasteiger partial charge in [0.05, 0.1) is 35.4 Å². The third-order valence-electron chi connectivity index (χ3n) is 8.16. The van der Waals surface area contributed by atoms with Crippen LogP contribution in [-0.4, -0.2) is 61.2 Å². The standard InChI is InChI=1S/C30H31F3N6O5S/c1-3-4-8-21-16-38(45(42,43)27-12-19(30(31,32)33)9-10-26(27)44-21)15-18-6-5-7-20(11-18)39-28(24(14-34-39)29(40)41)23-13-22(23)25-17-37(2)36-35-25/h5-7,9-12,14,17,21-23H,3-4,8,13,15-16H2,1-2H3,(H,40,41)/t21-,22-,23-/m1/s1. The first-order chi connectivity index (χ1) is 21.4. The molecule has 15 heteroatoms. The molecular formula is C30H31F3N6O5S. The van der Waals surface area contributed by atoms with Gasteiger partial charge in [-0.25, -0.2) is 17.9 Å². The van der Waals surface area contributed by atoms with E-state index in [1.165, 1.54) is 6.20 Å². The van der Waals surface area contributed by atoms with Gasteiger partial charge < -0.3 is 9.84 Å². The molecule has 2 aliphatic rings.